The Morgan fingerprint density at radius 3 is 2.13 bits per heavy atom. The third-order valence-corrected chi connectivity index (χ3v) is 8.54. The minimum Gasteiger partial charge on any atom is -0.465 e. The normalized spacial score (nSPS) is 13.0. The smallest absolute Gasteiger partial charge is 0.338 e. The van der Waals surface area contributed by atoms with Crippen LogP contribution in [0.3, 0.4) is 0 Å². The number of carbonyl (C=O) groups excluding carboxylic acids is 2. The minimum absolute atomic E-state index is 0.194. The number of esters is 2. The Morgan fingerprint density at radius 2 is 1.45 bits per heavy atom. The zero-order valence-electron chi connectivity index (χ0n) is 24.3. The van der Waals surface area contributed by atoms with Crippen LogP contribution in [0.4, 0.5) is 0 Å². The van der Waals surface area contributed by atoms with Crippen molar-refractivity contribution < 1.29 is 19.1 Å². The summed E-state index contributed by atoms with van der Waals surface area (Å²) in [5, 5.41) is 2.04. The van der Waals surface area contributed by atoms with Crippen LogP contribution in [0, 0.1) is 0 Å². The van der Waals surface area contributed by atoms with Crippen LogP contribution < -0.4 is 5.43 Å². The number of carbonyl (C=O) groups is 2. The molecule has 2 heterocycles. The number of ether oxygens (including phenoxy) is 2. The first-order chi connectivity index (χ1) is 22.4. The third kappa shape index (κ3) is 8.46. The van der Waals surface area contributed by atoms with Gasteiger partial charge in [0.05, 0.1) is 36.4 Å². The predicted molar refractivity (Wildman–Crippen MR) is 197 cm³/mol. The van der Waals surface area contributed by atoms with E-state index < -0.39 is 17.3 Å². The first-order valence-electron chi connectivity index (χ1n) is 13.2. The maximum atomic E-state index is 12.7. The number of methoxy groups -OCH3 is 2. The van der Waals surface area contributed by atoms with Gasteiger partial charge in [0.25, 0.3) is 0 Å². The van der Waals surface area contributed by atoms with Gasteiger partial charge in [-0.25, -0.2) is 9.59 Å². The number of halogens is 7. The SMILES string of the molecule is COC(=O)C1=Cc2cc(Br)cnc2C(Cl)c2ccc(Cl)cc21.COC(=O)c1cc2cc(Br)cnc2c(=O)c2ccc(Cl)cc12.ClCCl. The highest BCUT2D eigenvalue weighted by atomic mass is 79.9. The average Bonchev–Trinajstić information content (AvgIpc) is 3.24. The topological polar surface area (TPSA) is 95.5 Å². The molecule has 0 amide bonds. The van der Waals surface area contributed by atoms with Gasteiger partial charge in [0.15, 0.2) is 0 Å². The molecule has 242 valence electrons. The van der Waals surface area contributed by atoms with Gasteiger partial charge in [-0.15, -0.1) is 34.8 Å². The number of nitrogens with zero attached hydrogens (tertiary/aromatic N) is 2. The number of fused-ring (bicyclic) bond motifs is 4. The number of aromatic nitrogens is 2. The summed E-state index contributed by atoms with van der Waals surface area (Å²) in [6.07, 6.45) is 4.96. The van der Waals surface area contributed by atoms with Crippen molar-refractivity contribution in [3.63, 3.8) is 0 Å². The molecule has 0 spiro atoms. The fraction of sp³-hybridized carbons (Fsp3) is 0.121. The van der Waals surface area contributed by atoms with Crippen LogP contribution in [0.25, 0.3) is 33.3 Å². The van der Waals surface area contributed by atoms with Crippen molar-refractivity contribution >= 4 is 135 Å². The quantitative estimate of drug-likeness (QED) is 0.129. The van der Waals surface area contributed by atoms with Gasteiger partial charge in [-0.3, -0.25) is 14.8 Å². The van der Waals surface area contributed by atoms with Crippen molar-refractivity contribution in [3.05, 3.63) is 124 Å². The molecule has 0 radical (unpaired) electrons. The summed E-state index contributed by atoms with van der Waals surface area (Å²) in [6, 6.07) is 15.3. The summed E-state index contributed by atoms with van der Waals surface area (Å²) in [4.78, 5) is 45.6. The summed E-state index contributed by atoms with van der Waals surface area (Å²) in [6.45, 7) is 0. The number of hydrogen-bond acceptors (Lipinski definition) is 7. The van der Waals surface area contributed by atoms with E-state index in [2.05, 4.69) is 41.8 Å². The Bertz CT molecular complexity index is 2110. The maximum absolute atomic E-state index is 12.7. The molecule has 47 heavy (non-hydrogen) atoms. The molecule has 1 aliphatic carbocycles. The number of alkyl halides is 3. The number of rotatable bonds is 2. The minimum atomic E-state index is -0.538. The largest absolute Gasteiger partial charge is 0.465 e. The van der Waals surface area contributed by atoms with E-state index in [-0.39, 0.29) is 21.8 Å². The highest BCUT2D eigenvalue weighted by Gasteiger charge is 2.27. The molecule has 7 nitrogen and oxygen atoms in total. The van der Waals surface area contributed by atoms with E-state index in [1.165, 1.54) is 14.2 Å². The second kappa shape index (κ2) is 16.6. The molecule has 3 aromatic carbocycles. The summed E-state index contributed by atoms with van der Waals surface area (Å²) >= 11 is 34.9. The van der Waals surface area contributed by atoms with Gasteiger partial charge in [0.1, 0.15) is 10.9 Å². The van der Waals surface area contributed by atoms with Crippen LogP contribution in [-0.2, 0) is 14.3 Å². The number of benzene rings is 2. The summed E-state index contributed by atoms with van der Waals surface area (Å²) in [5.41, 5.74) is 3.59. The molecule has 1 atom stereocenters. The van der Waals surface area contributed by atoms with Gasteiger partial charge in [-0.2, -0.15) is 0 Å². The molecule has 2 aromatic heterocycles. The molecule has 0 N–H and O–H groups in total. The Balaban J connectivity index is 0.000000197. The van der Waals surface area contributed by atoms with Gasteiger partial charge >= 0.3 is 11.9 Å². The zero-order valence-corrected chi connectivity index (χ0v) is 31.2. The Morgan fingerprint density at radius 1 is 0.830 bits per heavy atom. The molecule has 0 aliphatic heterocycles. The lowest BCUT2D eigenvalue weighted by atomic mass is 9.98. The van der Waals surface area contributed by atoms with E-state index in [0.717, 1.165) is 15.6 Å². The van der Waals surface area contributed by atoms with Gasteiger partial charge in [-0.1, -0.05) is 29.3 Å². The summed E-state index contributed by atoms with van der Waals surface area (Å²) in [7, 11) is 2.64. The molecule has 0 saturated heterocycles. The monoisotopic (exact) mass is 858 g/mol. The highest BCUT2D eigenvalue weighted by molar-refractivity contribution is 9.10. The number of hydrogen-bond donors (Lipinski definition) is 0. The van der Waals surface area contributed by atoms with Crippen molar-refractivity contribution in [2.75, 3.05) is 19.6 Å². The van der Waals surface area contributed by atoms with Crippen LogP contribution in [-0.4, -0.2) is 41.5 Å². The lowest BCUT2D eigenvalue weighted by molar-refractivity contribution is -0.133. The fourth-order valence-corrected chi connectivity index (χ4v) is 6.18. The standard InChI is InChI=1S/C16H10BrCl2NO2.C16H9BrClNO3.CH2Cl2/c1-22-16(21)13-5-8-4-9(17)7-20-15(8)14(19)11-3-2-10(18)6-12(11)13;1-22-16(21)13-5-8-4-9(17)7-19-14(8)15(20)11-3-2-10(18)6-12(11)13;2-1-3/h2-7,14H,1H3;2-7H,1H3;1H2. The Hall–Kier alpha value is -2.76. The lowest BCUT2D eigenvalue weighted by Gasteiger charge is -2.14. The average molecular weight is 863 g/mol. The third-order valence-electron chi connectivity index (χ3n) is 6.76. The molecule has 5 aromatic rings. The van der Waals surface area contributed by atoms with Gasteiger partial charge in [0.2, 0.25) is 5.43 Å². The van der Waals surface area contributed by atoms with E-state index in [1.807, 2.05) is 12.1 Å². The molecular formula is C33H21Br2Cl5N2O5. The van der Waals surface area contributed by atoms with E-state index in [1.54, 1.807) is 60.9 Å². The molecule has 0 bridgehead atoms. The van der Waals surface area contributed by atoms with E-state index >= 15 is 0 Å². The highest BCUT2D eigenvalue weighted by Crippen LogP contribution is 2.41. The van der Waals surface area contributed by atoms with Crippen molar-refractivity contribution in [3.8, 4) is 0 Å². The van der Waals surface area contributed by atoms with Gasteiger partial charge < -0.3 is 9.47 Å². The summed E-state index contributed by atoms with van der Waals surface area (Å²) < 4.78 is 11.2. The van der Waals surface area contributed by atoms with Crippen LogP contribution in [0.5, 0.6) is 0 Å². The van der Waals surface area contributed by atoms with E-state index in [9.17, 15) is 14.4 Å². The van der Waals surface area contributed by atoms with Crippen molar-refractivity contribution in [1.29, 1.82) is 0 Å². The van der Waals surface area contributed by atoms with Crippen molar-refractivity contribution in [1.82, 2.24) is 9.97 Å². The molecule has 0 fully saturated rings. The molecule has 1 unspecified atom stereocenters. The first kappa shape index (κ1) is 37.1. The van der Waals surface area contributed by atoms with E-state index in [4.69, 9.17) is 67.5 Å². The van der Waals surface area contributed by atoms with Crippen molar-refractivity contribution in [2.45, 2.75) is 5.38 Å². The Kier molecular flexibility index (Phi) is 13.1. The molecule has 6 rings (SSSR count). The number of pyridine rings is 2. The fourth-order valence-electron chi connectivity index (χ4n) is 4.77. The second-order valence-corrected chi connectivity index (χ2v) is 13.5. The Labute approximate surface area is 311 Å². The van der Waals surface area contributed by atoms with Crippen LogP contribution in [0.15, 0.2) is 80.7 Å². The maximum Gasteiger partial charge on any atom is 0.338 e. The summed E-state index contributed by atoms with van der Waals surface area (Å²) in [5.74, 6) is -0.982. The molecule has 14 heteroatoms. The second-order valence-electron chi connectivity index (χ2n) is 9.53. The molecule has 0 saturated carbocycles. The van der Waals surface area contributed by atoms with E-state index in [0.29, 0.717) is 47.5 Å². The van der Waals surface area contributed by atoms with Crippen molar-refractivity contribution in [2.24, 2.45) is 0 Å². The van der Waals surface area contributed by atoms with Gasteiger partial charge in [-0.05, 0) is 103 Å². The van der Waals surface area contributed by atoms with Gasteiger partial charge in [0, 0.05) is 47.5 Å². The van der Waals surface area contributed by atoms with Crippen LogP contribution in [0.2, 0.25) is 10.0 Å². The first-order valence-corrected chi connectivity index (χ1v) is 17.1. The molecule has 1 aliphatic rings. The zero-order chi connectivity index (χ0) is 34.4. The van der Waals surface area contributed by atoms with Crippen LogP contribution >= 0.6 is 89.9 Å². The lowest BCUT2D eigenvalue weighted by Crippen LogP contribution is -2.06. The van der Waals surface area contributed by atoms with Crippen LogP contribution in [0.1, 0.15) is 38.1 Å². The molecular weight excluding hydrogens is 841 g/mol. The predicted octanol–water partition coefficient (Wildman–Crippen LogP) is 10.2.